The van der Waals surface area contributed by atoms with Crippen molar-refractivity contribution in [1.82, 2.24) is 9.55 Å². The van der Waals surface area contributed by atoms with Gasteiger partial charge in [0.2, 0.25) is 5.91 Å². The molecule has 0 radical (unpaired) electrons. The number of aromatic nitrogens is 2. The molecular formula is C19H19N3O4S. The van der Waals surface area contributed by atoms with Crippen molar-refractivity contribution >= 4 is 28.6 Å². The monoisotopic (exact) mass is 385 g/mol. The van der Waals surface area contributed by atoms with Crippen LogP contribution in [0.2, 0.25) is 0 Å². The Labute approximate surface area is 160 Å². The molecule has 27 heavy (non-hydrogen) atoms. The molecule has 0 aliphatic rings. The summed E-state index contributed by atoms with van der Waals surface area (Å²) in [5, 5.41) is 0.296. The van der Waals surface area contributed by atoms with Gasteiger partial charge in [-0.05, 0) is 31.2 Å². The van der Waals surface area contributed by atoms with Crippen molar-refractivity contribution in [2.45, 2.75) is 17.3 Å². The number of hydrogen-bond donors (Lipinski definition) is 1. The second kappa shape index (κ2) is 7.71. The van der Waals surface area contributed by atoms with Gasteiger partial charge < -0.3 is 15.2 Å². The number of carbonyl (C=O) groups excluding carboxylic acids is 1. The number of nitrogens with zero attached hydrogens (tertiary/aromatic N) is 2. The fraction of sp³-hybridized carbons (Fsp3) is 0.211. The fourth-order valence-electron chi connectivity index (χ4n) is 2.60. The lowest BCUT2D eigenvalue weighted by atomic mass is 10.2. The van der Waals surface area contributed by atoms with E-state index < -0.39 is 11.2 Å². The number of rotatable bonds is 6. The van der Waals surface area contributed by atoms with Gasteiger partial charge in [-0.1, -0.05) is 23.9 Å². The Hall–Kier alpha value is -3.00. The highest BCUT2D eigenvalue weighted by molar-refractivity contribution is 8.00. The molecule has 1 amide bonds. The van der Waals surface area contributed by atoms with Crippen LogP contribution in [0.1, 0.15) is 6.92 Å². The van der Waals surface area contributed by atoms with Crippen LogP contribution < -0.4 is 20.8 Å². The molecule has 2 N–H and O–H groups in total. The number of para-hydroxylation sites is 1. The highest BCUT2D eigenvalue weighted by atomic mass is 32.2. The molecule has 0 saturated carbocycles. The first-order valence-corrected chi connectivity index (χ1v) is 9.04. The van der Waals surface area contributed by atoms with E-state index >= 15 is 0 Å². The lowest BCUT2D eigenvalue weighted by Crippen LogP contribution is -2.26. The Morgan fingerprint density at radius 1 is 1.15 bits per heavy atom. The van der Waals surface area contributed by atoms with E-state index in [2.05, 4.69) is 4.98 Å². The van der Waals surface area contributed by atoms with Gasteiger partial charge >= 0.3 is 0 Å². The molecule has 0 fully saturated rings. The van der Waals surface area contributed by atoms with Crippen molar-refractivity contribution in [3.63, 3.8) is 0 Å². The minimum Gasteiger partial charge on any atom is -0.493 e. The van der Waals surface area contributed by atoms with Crippen molar-refractivity contribution in [2.75, 3.05) is 14.2 Å². The molecule has 0 bridgehead atoms. The van der Waals surface area contributed by atoms with Gasteiger partial charge in [0.05, 0.1) is 36.1 Å². The van der Waals surface area contributed by atoms with Crippen LogP contribution in [-0.2, 0) is 4.79 Å². The molecule has 0 saturated heterocycles. The van der Waals surface area contributed by atoms with E-state index in [-0.39, 0.29) is 5.56 Å². The summed E-state index contributed by atoms with van der Waals surface area (Å²) in [4.78, 5) is 29.3. The van der Waals surface area contributed by atoms with Crippen LogP contribution >= 0.6 is 11.8 Å². The average molecular weight is 385 g/mol. The quantitative estimate of drug-likeness (QED) is 0.517. The van der Waals surface area contributed by atoms with Gasteiger partial charge in [0.15, 0.2) is 16.7 Å². The molecule has 1 aromatic heterocycles. The summed E-state index contributed by atoms with van der Waals surface area (Å²) in [6.07, 6.45) is 0. The summed E-state index contributed by atoms with van der Waals surface area (Å²) < 4.78 is 12.1. The van der Waals surface area contributed by atoms with Crippen LogP contribution in [0.5, 0.6) is 11.5 Å². The van der Waals surface area contributed by atoms with E-state index in [1.165, 1.54) is 18.8 Å². The molecule has 0 unspecified atom stereocenters. The van der Waals surface area contributed by atoms with E-state index in [0.717, 1.165) is 11.8 Å². The number of methoxy groups -OCH3 is 2. The summed E-state index contributed by atoms with van der Waals surface area (Å²) in [7, 11) is 3.06. The van der Waals surface area contributed by atoms with Gasteiger partial charge in [0.1, 0.15) is 0 Å². The average Bonchev–Trinajstić information content (AvgIpc) is 2.67. The third-order valence-electron chi connectivity index (χ3n) is 4.05. The number of thioether (sulfide) groups is 1. The van der Waals surface area contributed by atoms with Gasteiger partial charge in [-0.2, -0.15) is 0 Å². The number of fused-ring (bicyclic) bond motifs is 1. The van der Waals surface area contributed by atoms with Crippen LogP contribution in [0.25, 0.3) is 16.6 Å². The first-order chi connectivity index (χ1) is 13.0. The third-order valence-corrected chi connectivity index (χ3v) is 5.12. The SMILES string of the molecule is COc1ccc(-n2c(S[C@H](C)C(N)=O)nc3ccccc3c2=O)cc1OC. The lowest BCUT2D eigenvalue weighted by molar-refractivity contribution is -0.117. The predicted molar refractivity (Wildman–Crippen MR) is 105 cm³/mol. The molecule has 1 atom stereocenters. The van der Waals surface area contributed by atoms with Crippen molar-refractivity contribution in [3.05, 3.63) is 52.8 Å². The zero-order chi connectivity index (χ0) is 19.6. The molecule has 140 valence electrons. The number of benzene rings is 2. The van der Waals surface area contributed by atoms with Crippen molar-refractivity contribution < 1.29 is 14.3 Å². The van der Waals surface area contributed by atoms with E-state index in [0.29, 0.717) is 33.2 Å². The predicted octanol–water partition coefficient (Wildman–Crippen LogP) is 2.37. The lowest BCUT2D eigenvalue weighted by Gasteiger charge is -2.16. The molecule has 2 aromatic carbocycles. The molecule has 3 aromatic rings. The Balaban J connectivity index is 2.28. The van der Waals surface area contributed by atoms with Crippen LogP contribution in [0.3, 0.4) is 0 Å². The van der Waals surface area contributed by atoms with Crippen molar-refractivity contribution in [1.29, 1.82) is 0 Å². The Bertz CT molecular complexity index is 1060. The van der Waals surface area contributed by atoms with Gasteiger partial charge in [-0.25, -0.2) is 4.98 Å². The molecule has 0 spiro atoms. The van der Waals surface area contributed by atoms with E-state index in [4.69, 9.17) is 15.2 Å². The molecule has 7 nitrogen and oxygen atoms in total. The Kier molecular flexibility index (Phi) is 5.36. The Morgan fingerprint density at radius 2 is 1.85 bits per heavy atom. The maximum absolute atomic E-state index is 13.2. The van der Waals surface area contributed by atoms with Gasteiger partial charge in [0, 0.05) is 6.07 Å². The van der Waals surface area contributed by atoms with E-state index in [1.54, 1.807) is 43.3 Å². The number of carbonyl (C=O) groups is 1. The number of ether oxygens (including phenoxy) is 2. The molecule has 3 rings (SSSR count). The number of primary amides is 1. The van der Waals surface area contributed by atoms with Crippen LogP contribution in [-0.4, -0.2) is 34.9 Å². The van der Waals surface area contributed by atoms with Crippen LogP contribution in [0.4, 0.5) is 0 Å². The van der Waals surface area contributed by atoms with Gasteiger partial charge in [-0.15, -0.1) is 0 Å². The van der Waals surface area contributed by atoms with E-state index in [1.807, 2.05) is 6.07 Å². The fourth-order valence-corrected chi connectivity index (χ4v) is 3.48. The summed E-state index contributed by atoms with van der Waals surface area (Å²) in [5.41, 5.74) is 6.26. The summed E-state index contributed by atoms with van der Waals surface area (Å²) >= 11 is 1.13. The summed E-state index contributed by atoms with van der Waals surface area (Å²) in [5.74, 6) is 0.540. The number of nitrogens with two attached hydrogens (primary N) is 1. The number of amides is 1. The third kappa shape index (κ3) is 3.61. The molecule has 8 heteroatoms. The normalized spacial score (nSPS) is 12.0. The number of hydrogen-bond acceptors (Lipinski definition) is 6. The minimum absolute atomic E-state index is 0.244. The van der Waals surface area contributed by atoms with Crippen molar-refractivity contribution in [3.8, 4) is 17.2 Å². The highest BCUT2D eigenvalue weighted by Gasteiger charge is 2.19. The summed E-state index contributed by atoms with van der Waals surface area (Å²) in [6, 6.07) is 12.2. The zero-order valence-corrected chi connectivity index (χ0v) is 15.9. The van der Waals surface area contributed by atoms with Gasteiger partial charge in [0.25, 0.3) is 5.56 Å². The first kappa shape index (κ1) is 18.8. The standard InChI is InChI=1S/C19H19N3O4S/c1-11(17(20)23)27-19-21-14-7-5-4-6-13(14)18(24)22(19)12-8-9-15(25-2)16(10-12)26-3/h4-11H,1-3H3,(H2,20,23)/t11-/m1/s1. The highest BCUT2D eigenvalue weighted by Crippen LogP contribution is 2.31. The Morgan fingerprint density at radius 3 is 2.52 bits per heavy atom. The second-order valence-corrected chi connectivity index (χ2v) is 7.06. The second-order valence-electron chi connectivity index (χ2n) is 5.75. The zero-order valence-electron chi connectivity index (χ0n) is 15.1. The smallest absolute Gasteiger partial charge is 0.266 e. The molecule has 0 aliphatic heterocycles. The van der Waals surface area contributed by atoms with Crippen LogP contribution in [0, 0.1) is 0 Å². The van der Waals surface area contributed by atoms with E-state index in [9.17, 15) is 9.59 Å². The largest absolute Gasteiger partial charge is 0.493 e. The maximum atomic E-state index is 13.2. The molecule has 0 aliphatic carbocycles. The van der Waals surface area contributed by atoms with Crippen LogP contribution in [0.15, 0.2) is 52.4 Å². The summed E-state index contributed by atoms with van der Waals surface area (Å²) in [6.45, 7) is 1.67. The topological polar surface area (TPSA) is 96.4 Å². The molecule has 1 heterocycles. The van der Waals surface area contributed by atoms with Gasteiger partial charge in [-0.3, -0.25) is 14.2 Å². The van der Waals surface area contributed by atoms with Crippen molar-refractivity contribution in [2.24, 2.45) is 5.73 Å². The first-order valence-electron chi connectivity index (χ1n) is 8.16. The maximum Gasteiger partial charge on any atom is 0.266 e. The minimum atomic E-state index is -0.551. The molecular weight excluding hydrogens is 366 g/mol.